The van der Waals surface area contributed by atoms with Crippen LogP contribution in [0.15, 0.2) is 33.6 Å². The molecule has 1 N–H and O–H groups in total. The Bertz CT molecular complexity index is 706. The Morgan fingerprint density at radius 1 is 1.18 bits per heavy atom. The first-order chi connectivity index (χ1) is 10.4. The van der Waals surface area contributed by atoms with Crippen LogP contribution < -0.4 is 4.72 Å². The summed E-state index contributed by atoms with van der Waals surface area (Å²) in [6.07, 6.45) is 1.25. The van der Waals surface area contributed by atoms with Crippen molar-refractivity contribution in [3.8, 4) is 0 Å². The largest absolute Gasteiger partial charge is 0.425 e. The fourth-order valence-electron chi connectivity index (χ4n) is 1.88. The molecule has 0 amide bonds. The van der Waals surface area contributed by atoms with Crippen LogP contribution in [-0.4, -0.2) is 25.2 Å². The number of hydrogen-bond acceptors (Lipinski definition) is 5. The summed E-state index contributed by atoms with van der Waals surface area (Å²) in [5.74, 6) is 1.16. The molecule has 0 atom stereocenters. The fraction of sp³-hybridized carbons (Fsp3) is 0.467. The Balaban J connectivity index is 1.94. The monoisotopic (exact) mass is 323 g/mol. The molecule has 0 aliphatic heterocycles. The molecule has 0 saturated heterocycles. The van der Waals surface area contributed by atoms with Crippen molar-refractivity contribution in [1.82, 2.24) is 14.9 Å². The molecule has 0 saturated carbocycles. The molecule has 1 heterocycles. The smallest absolute Gasteiger partial charge is 0.240 e. The zero-order valence-corrected chi connectivity index (χ0v) is 13.9. The number of nitrogens with zero attached hydrogens (tertiary/aromatic N) is 2. The SMILES string of the molecule is CCc1ccc(S(=O)(=O)NCCc2nnc(C(C)C)o2)cc1. The maximum absolute atomic E-state index is 12.2. The maximum atomic E-state index is 12.2. The van der Waals surface area contributed by atoms with Crippen molar-refractivity contribution in [3.63, 3.8) is 0 Å². The van der Waals surface area contributed by atoms with Gasteiger partial charge in [-0.15, -0.1) is 10.2 Å². The van der Waals surface area contributed by atoms with Gasteiger partial charge in [0, 0.05) is 18.9 Å². The number of nitrogens with one attached hydrogen (secondary N) is 1. The first-order valence-corrected chi connectivity index (χ1v) is 8.81. The topological polar surface area (TPSA) is 85.1 Å². The summed E-state index contributed by atoms with van der Waals surface area (Å²) in [7, 11) is -3.50. The van der Waals surface area contributed by atoms with E-state index >= 15 is 0 Å². The van der Waals surface area contributed by atoms with E-state index in [1.807, 2.05) is 32.9 Å². The van der Waals surface area contributed by atoms with Crippen LogP contribution in [-0.2, 0) is 22.9 Å². The highest BCUT2D eigenvalue weighted by Gasteiger charge is 2.14. The molecule has 120 valence electrons. The molecule has 2 aromatic rings. The van der Waals surface area contributed by atoms with E-state index in [1.54, 1.807) is 12.1 Å². The average molecular weight is 323 g/mol. The van der Waals surface area contributed by atoms with Crippen molar-refractivity contribution in [3.05, 3.63) is 41.6 Å². The van der Waals surface area contributed by atoms with E-state index in [0.29, 0.717) is 18.2 Å². The van der Waals surface area contributed by atoms with Gasteiger partial charge < -0.3 is 4.42 Å². The molecule has 2 rings (SSSR count). The van der Waals surface area contributed by atoms with Crippen LogP contribution in [0.5, 0.6) is 0 Å². The Labute approximate surface area is 131 Å². The van der Waals surface area contributed by atoms with E-state index in [2.05, 4.69) is 14.9 Å². The zero-order valence-electron chi connectivity index (χ0n) is 13.0. The lowest BCUT2D eigenvalue weighted by atomic mass is 10.2. The van der Waals surface area contributed by atoms with Crippen LogP contribution in [0.4, 0.5) is 0 Å². The van der Waals surface area contributed by atoms with Gasteiger partial charge in [0.2, 0.25) is 21.8 Å². The van der Waals surface area contributed by atoms with E-state index in [0.717, 1.165) is 12.0 Å². The Morgan fingerprint density at radius 2 is 1.86 bits per heavy atom. The average Bonchev–Trinajstić information content (AvgIpc) is 2.96. The third-order valence-corrected chi connectivity index (χ3v) is 4.73. The lowest BCUT2D eigenvalue weighted by Crippen LogP contribution is -2.26. The molecule has 0 aliphatic carbocycles. The van der Waals surface area contributed by atoms with Crippen LogP contribution in [0.3, 0.4) is 0 Å². The molecule has 1 aromatic carbocycles. The van der Waals surface area contributed by atoms with E-state index in [9.17, 15) is 8.42 Å². The third-order valence-electron chi connectivity index (χ3n) is 3.25. The lowest BCUT2D eigenvalue weighted by molar-refractivity contribution is 0.431. The standard InChI is InChI=1S/C15H21N3O3S/c1-4-12-5-7-13(8-6-12)22(19,20)16-10-9-14-17-18-15(21-14)11(2)3/h5-8,11,16H,4,9-10H2,1-3H3. The molecule has 6 nitrogen and oxygen atoms in total. The van der Waals surface area contributed by atoms with Crippen molar-refractivity contribution < 1.29 is 12.8 Å². The highest BCUT2D eigenvalue weighted by atomic mass is 32.2. The van der Waals surface area contributed by atoms with E-state index < -0.39 is 10.0 Å². The minimum absolute atomic E-state index is 0.162. The lowest BCUT2D eigenvalue weighted by Gasteiger charge is -2.06. The second kappa shape index (κ2) is 7.02. The summed E-state index contributed by atoms with van der Waals surface area (Å²) in [6.45, 7) is 6.16. The third kappa shape index (κ3) is 4.14. The number of sulfonamides is 1. The van der Waals surface area contributed by atoms with Gasteiger partial charge in [0.15, 0.2) is 0 Å². The van der Waals surface area contributed by atoms with E-state index in [1.165, 1.54) is 0 Å². The van der Waals surface area contributed by atoms with Crippen LogP contribution >= 0.6 is 0 Å². The van der Waals surface area contributed by atoms with E-state index in [-0.39, 0.29) is 17.4 Å². The van der Waals surface area contributed by atoms with Gasteiger partial charge in [0.05, 0.1) is 4.90 Å². The van der Waals surface area contributed by atoms with Gasteiger partial charge in [-0.25, -0.2) is 13.1 Å². The van der Waals surface area contributed by atoms with Gasteiger partial charge in [-0.3, -0.25) is 0 Å². The molecule has 0 aliphatic rings. The quantitative estimate of drug-likeness (QED) is 0.845. The van der Waals surface area contributed by atoms with Crippen molar-refractivity contribution in [2.75, 3.05) is 6.54 Å². The van der Waals surface area contributed by atoms with Crippen molar-refractivity contribution in [1.29, 1.82) is 0 Å². The summed E-state index contributed by atoms with van der Waals surface area (Å²) in [5.41, 5.74) is 1.10. The van der Waals surface area contributed by atoms with E-state index in [4.69, 9.17) is 4.42 Å². The minimum Gasteiger partial charge on any atom is -0.425 e. The summed E-state index contributed by atoms with van der Waals surface area (Å²) in [4.78, 5) is 0.262. The Kier molecular flexibility index (Phi) is 5.31. The second-order valence-corrected chi connectivity index (χ2v) is 7.10. The summed E-state index contributed by atoms with van der Waals surface area (Å²) in [6, 6.07) is 6.87. The number of hydrogen-bond donors (Lipinski definition) is 1. The van der Waals surface area contributed by atoms with Gasteiger partial charge in [-0.2, -0.15) is 0 Å². The molecular weight excluding hydrogens is 302 g/mol. The highest BCUT2D eigenvalue weighted by Crippen LogP contribution is 2.13. The summed E-state index contributed by atoms with van der Waals surface area (Å²) < 4.78 is 32.3. The molecule has 1 aromatic heterocycles. The number of aryl methyl sites for hydroxylation is 1. The molecule has 7 heteroatoms. The summed E-state index contributed by atoms with van der Waals surface area (Å²) in [5, 5.41) is 7.82. The maximum Gasteiger partial charge on any atom is 0.240 e. The fourth-order valence-corrected chi connectivity index (χ4v) is 2.91. The van der Waals surface area contributed by atoms with Crippen molar-refractivity contribution in [2.24, 2.45) is 0 Å². The van der Waals surface area contributed by atoms with Gasteiger partial charge in [0.1, 0.15) is 0 Å². The highest BCUT2D eigenvalue weighted by molar-refractivity contribution is 7.89. The molecule has 0 radical (unpaired) electrons. The second-order valence-electron chi connectivity index (χ2n) is 5.33. The van der Waals surface area contributed by atoms with Gasteiger partial charge in [-0.05, 0) is 24.1 Å². The zero-order chi connectivity index (χ0) is 16.2. The van der Waals surface area contributed by atoms with Gasteiger partial charge in [-0.1, -0.05) is 32.9 Å². The summed E-state index contributed by atoms with van der Waals surface area (Å²) >= 11 is 0. The molecule has 0 fully saturated rings. The molecule has 0 unspecified atom stereocenters. The van der Waals surface area contributed by atoms with Crippen LogP contribution in [0.25, 0.3) is 0 Å². The first-order valence-electron chi connectivity index (χ1n) is 7.33. The van der Waals surface area contributed by atoms with Crippen molar-refractivity contribution >= 4 is 10.0 Å². The van der Waals surface area contributed by atoms with Crippen LogP contribution in [0.1, 0.15) is 44.0 Å². The normalized spacial score (nSPS) is 12.0. The molecule has 22 heavy (non-hydrogen) atoms. The predicted octanol–water partition coefficient (Wildman–Crippen LogP) is 2.28. The number of benzene rings is 1. The van der Waals surface area contributed by atoms with Crippen molar-refractivity contribution in [2.45, 2.75) is 44.4 Å². The Morgan fingerprint density at radius 3 is 2.41 bits per heavy atom. The predicted molar refractivity (Wildman–Crippen MR) is 83.1 cm³/mol. The molecule has 0 spiro atoms. The van der Waals surface area contributed by atoms with Gasteiger partial charge in [0.25, 0.3) is 0 Å². The number of rotatable bonds is 7. The van der Waals surface area contributed by atoms with Crippen LogP contribution in [0.2, 0.25) is 0 Å². The van der Waals surface area contributed by atoms with Gasteiger partial charge >= 0.3 is 0 Å². The molecular formula is C15H21N3O3S. The Hall–Kier alpha value is -1.73. The molecule has 0 bridgehead atoms. The van der Waals surface area contributed by atoms with Crippen LogP contribution in [0, 0.1) is 0 Å². The minimum atomic E-state index is -3.50. The first kappa shape index (κ1) is 16.6. The number of aromatic nitrogens is 2.